The molecule has 0 aliphatic heterocycles. The summed E-state index contributed by atoms with van der Waals surface area (Å²) < 4.78 is 23.5. The van der Waals surface area contributed by atoms with Crippen LogP contribution in [0.1, 0.15) is 19.4 Å². The molecule has 66 heavy (non-hydrogen) atoms. The zero-order valence-electron chi connectivity index (χ0n) is 37.4. The fraction of sp³-hybridized carbons (Fsp3) is 0.121. The van der Waals surface area contributed by atoms with Crippen molar-refractivity contribution in [1.82, 2.24) is 19.5 Å². The van der Waals surface area contributed by atoms with E-state index in [1.165, 1.54) is 16.8 Å². The molecular weight excluding hydrogens is 1010 g/mol. The van der Waals surface area contributed by atoms with Crippen molar-refractivity contribution in [3.05, 3.63) is 200 Å². The monoisotopic (exact) mass is 1060 g/mol. The van der Waals surface area contributed by atoms with E-state index < -0.39 is 8.07 Å². The van der Waals surface area contributed by atoms with Gasteiger partial charge in [0.2, 0.25) is 5.71 Å². The zero-order valence-corrected chi connectivity index (χ0v) is 40.8. The fourth-order valence-electron chi connectivity index (χ4n) is 8.86. The van der Waals surface area contributed by atoms with Crippen LogP contribution >= 0.6 is 0 Å². The van der Waals surface area contributed by atoms with E-state index in [2.05, 4.69) is 146 Å². The smallest absolute Gasteiger partial charge is 0.216 e. The predicted molar refractivity (Wildman–Crippen MR) is 269 cm³/mol. The average molecular weight is 1060 g/mol. The first kappa shape index (κ1) is 44.4. The van der Waals surface area contributed by atoms with Gasteiger partial charge in [0.25, 0.3) is 0 Å². The normalized spacial score (nSPS) is 11.6. The third-order valence-corrected chi connectivity index (χ3v) is 13.9. The van der Waals surface area contributed by atoms with Crippen LogP contribution in [0.25, 0.3) is 94.6 Å². The molecule has 0 saturated heterocycles. The van der Waals surface area contributed by atoms with Gasteiger partial charge in [-0.05, 0) is 64.7 Å². The second-order valence-electron chi connectivity index (χ2n) is 17.9. The average Bonchev–Trinajstić information content (AvgIpc) is 3.89. The molecule has 8 heteroatoms. The van der Waals surface area contributed by atoms with Crippen LogP contribution in [0.2, 0.25) is 19.6 Å². The fourth-order valence-corrected chi connectivity index (χ4v) is 10.5. The Labute approximate surface area is 399 Å². The molecule has 5 nitrogen and oxygen atoms in total. The maximum atomic E-state index is 14.8. The third kappa shape index (κ3) is 8.56. The molecule has 0 atom stereocenters. The van der Waals surface area contributed by atoms with Gasteiger partial charge < -0.3 is 14.0 Å². The van der Waals surface area contributed by atoms with E-state index in [-0.39, 0.29) is 25.9 Å². The Bertz CT molecular complexity index is 3430. The third-order valence-electron chi connectivity index (χ3n) is 11.8. The molecule has 11 aromatic rings. The molecule has 7 aromatic carbocycles. The van der Waals surface area contributed by atoms with E-state index in [0.717, 1.165) is 67.4 Å². The summed E-state index contributed by atoms with van der Waals surface area (Å²) in [5.74, 6) is 1.05. The number of halogens is 1. The van der Waals surface area contributed by atoms with E-state index in [9.17, 15) is 4.39 Å². The summed E-state index contributed by atoms with van der Waals surface area (Å²) in [5.41, 5.74) is 13.0. The molecule has 1 radical (unpaired) electrons. The first-order valence-electron chi connectivity index (χ1n) is 22.1. The minimum Gasteiger partial charge on any atom is -0.486 e. The molecule has 4 heterocycles. The molecule has 11 rings (SSSR count). The number of pyridine rings is 2. The SMILES string of the molecule is CC(C)Cc1cc(-c2[c-]cccc2)ncc1[Si](C)(C)C.Fc1cccc2nc3oc4c(-c5nc6ccccc6n5-c5c(-c6ccccc6)cccc5-c5ccccc5)[c-]ccc4c3cc12.[Ir]. The van der Waals surface area contributed by atoms with Gasteiger partial charge >= 0.3 is 0 Å². The van der Waals surface area contributed by atoms with Crippen LogP contribution in [0, 0.1) is 23.9 Å². The molecule has 0 amide bonds. The summed E-state index contributed by atoms with van der Waals surface area (Å²) in [5, 5.41) is 3.52. The summed E-state index contributed by atoms with van der Waals surface area (Å²) in [6.45, 7) is 11.7. The summed E-state index contributed by atoms with van der Waals surface area (Å²) in [4.78, 5) is 14.6. The van der Waals surface area contributed by atoms with E-state index in [1.54, 1.807) is 12.1 Å². The Morgan fingerprint density at radius 1 is 0.652 bits per heavy atom. The number of hydrogen-bond acceptors (Lipinski definition) is 4. The van der Waals surface area contributed by atoms with Crippen molar-refractivity contribution in [2.75, 3.05) is 0 Å². The molecule has 4 aromatic heterocycles. The molecule has 0 fully saturated rings. The number of rotatable bonds is 8. The number of imidazole rings is 1. The molecule has 0 unspecified atom stereocenters. The molecule has 327 valence electrons. The summed E-state index contributed by atoms with van der Waals surface area (Å²) in [6.07, 6.45) is 3.24. The summed E-state index contributed by atoms with van der Waals surface area (Å²) in [7, 11) is -1.34. The van der Waals surface area contributed by atoms with Gasteiger partial charge in [0.05, 0.1) is 41.7 Å². The summed E-state index contributed by atoms with van der Waals surface area (Å²) in [6, 6.07) is 63.0. The van der Waals surface area contributed by atoms with Gasteiger partial charge in [-0.2, -0.15) is 0 Å². The van der Waals surface area contributed by atoms with Crippen LogP contribution in [0.3, 0.4) is 0 Å². The zero-order chi connectivity index (χ0) is 44.7. The van der Waals surface area contributed by atoms with Crippen molar-refractivity contribution in [3.8, 4) is 50.6 Å². The Hall–Kier alpha value is -6.83. The van der Waals surface area contributed by atoms with Crippen molar-refractivity contribution >= 4 is 57.3 Å². The standard InChI is InChI=1S/C40H23FN3O.C18H24NSi.Ir/c41-33-20-11-22-34-32(33)24-31-29-18-10-19-30(38(29)45-40(31)43-34)39-42-35-21-7-8-23-36(35)44(39)37-27(25-12-3-1-4-13-25)16-9-17-28(37)26-14-5-2-6-15-26;1-14(2)11-16-12-17(15-9-7-6-8-10-15)19-13-18(16)20(3,4)5;/h1-18,20-24H;6-9,12-14H,11H2,1-5H3;/q2*-1;. The molecule has 0 N–H and O–H groups in total. The van der Waals surface area contributed by atoms with E-state index in [1.807, 2.05) is 66.7 Å². The topological polar surface area (TPSA) is 56.7 Å². The maximum Gasteiger partial charge on any atom is 0.216 e. The van der Waals surface area contributed by atoms with Crippen molar-refractivity contribution in [3.63, 3.8) is 0 Å². The molecule has 0 aliphatic carbocycles. The van der Waals surface area contributed by atoms with Gasteiger partial charge in [0.1, 0.15) is 5.82 Å². The minimum absolute atomic E-state index is 0. The second-order valence-corrected chi connectivity index (χ2v) is 22.9. The van der Waals surface area contributed by atoms with E-state index in [0.29, 0.717) is 39.5 Å². The van der Waals surface area contributed by atoms with Crippen LogP contribution in [-0.2, 0) is 26.5 Å². The van der Waals surface area contributed by atoms with Gasteiger partial charge in [-0.25, -0.2) is 9.37 Å². The van der Waals surface area contributed by atoms with Crippen LogP contribution in [-0.4, -0.2) is 27.6 Å². The predicted octanol–water partition coefficient (Wildman–Crippen LogP) is 14.7. The number of fused-ring (bicyclic) bond motifs is 5. The van der Waals surface area contributed by atoms with Gasteiger partial charge in [0, 0.05) is 48.2 Å². The summed E-state index contributed by atoms with van der Waals surface area (Å²) >= 11 is 0. The number of para-hydroxylation sites is 3. The van der Waals surface area contributed by atoms with Crippen LogP contribution in [0.5, 0.6) is 0 Å². The van der Waals surface area contributed by atoms with Crippen molar-refractivity contribution < 1.29 is 28.9 Å². The first-order chi connectivity index (χ1) is 31.6. The van der Waals surface area contributed by atoms with Gasteiger partial charge in [-0.15, -0.1) is 54.1 Å². The van der Waals surface area contributed by atoms with Crippen molar-refractivity contribution in [2.45, 2.75) is 39.9 Å². The van der Waals surface area contributed by atoms with Crippen molar-refractivity contribution in [1.29, 1.82) is 0 Å². The van der Waals surface area contributed by atoms with Gasteiger partial charge in [-0.3, -0.25) is 4.98 Å². The largest absolute Gasteiger partial charge is 0.486 e. The Kier molecular flexibility index (Phi) is 12.5. The van der Waals surface area contributed by atoms with Crippen LogP contribution in [0.15, 0.2) is 180 Å². The Balaban J connectivity index is 0.000000221. The van der Waals surface area contributed by atoms with E-state index >= 15 is 0 Å². The molecule has 0 bridgehead atoms. The molecular formula is C58H47FIrN4OSi-2. The molecule has 0 saturated carbocycles. The molecule has 0 aliphatic rings. The van der Waals surface area contributed by atoms with Crippen LogP contribution < -0.4 is 5.19 Å². The van der Waals surface area contributed by atoms with Gasteiger partial charge in [0.15, 0.2) is 0 Å². The maximum absolute atomic E-state index is 14.8. The number of furan rings is 1. The Morgan fingerprint density at radius 2 is 1.32 bits per heavy atom. The quantitative estimate of drug-likeness (QED) is 0.112. The number of aromatic nitrogens is 4. The number of hydrogen-bond donors (Lipinski definition) is 0. The number of nitrogens with zero attached hydrogens (tertiary/aromatic N) is 4. The number of benzene rings is 7. The Morgan fingerprint density at radius 3 is 2.00 bits per heavy atom. The molecule has 0 spiro atoms. The van der Waals surface area contributed by atoms with Crippen molar-refractivity contribution in [2.24, 2.45) is 5.92 Å². The minimum atomic E-state index is -1.34. The van der Waals surface area contributed by atoms with Crippen LogP contribution in [0.4, 0.5) is 4.39 Å². The van der Waals surface area contributed by atoms with Gasteiger partial charge in [-0.1, -0.05) is 153 Å². The second kappa shape index (κ2) is 18.6. The van der Waals surface area contributed by atoms with E-state index in [4.69, 9.17) is 14.4 Å². The first-order valence-corrected chi connectivity index (χ1v) is 25.6.